The summed E-state index contributed by atoms with van der Waals surface area (Å²) in [5.74, 6) is 0. The quantitative estimate of drug-likeness (QED) is 0.842. The third-order valence-electron chi connectivity index (χ3n) is 5.51. The molecule has 0 radical (unpaired) electrons. The SMILES string of the molecule is CCCN1CCCC(CN)(N(C)C(C)C(C)(C)C)CC1. The molecule has 0 aliphatic carbocycles. The Labute approximate surface area is 126 Å². The highest BCUT2D eigenvalue weighted by Crippen LogP contribution is 2.34. The van der Waals surface area contributed by atoms with E-state index in [0.717, 1.165) is 6.54 Å². The van der Waals surface area contributed by atoms with Crippen LogP contribution in [0.1, 0.15) is 60.3 Å². The Morgan fingerprint density at radius 2 is 1.90 bits per heavy atom. The lowest BCUT2D eigenvalue weighted by Crippen LogP contribution is -2.58. The highest BCUT2D eigenvalue weighted by Gasteiger charge is 2.39. The average molecular weight is 284 g/mol. The first kappa shape index (κ1) is 17.9. The maximum absolute atomic E-state index is 6.25. The van der Waals surface area contributed by atoms with Crippen molar-refractivity contribution in [1.82, 2.24) is 9.80 Å². The number of hydrogen-bond acceptors (Lipinski definition) is 3. The van der Waals surface area contributed by atoms with E-state index in [2.05, 4.69) is 51.5 Å². The summed E-state index contributed by atoms with van der Waals surface area (Å²) in [7, 11) is 2.29. The molecule has 0 amide bonds. The zero-order valence-electron chi connectivity index (χ0n) is 14.7. The molecule has 3 heteroatoms. The molecule has 2 atom stereocenters. The topological polar surface area (TPSA) is 32.5 Å². The maximum atomic E-state index is 6.25. The summed E-state index contributed by atoms with van der Waals surface area (Å²) in [4.78, 5) is 5.20. The van der Waals surface area contributed by atoms with Crippen molar-refractivity contribution in [2.45, 2.75) is 71.9 Å². The minimum absolute atomic E-state index is 0.190. The molecule has 0 spiro atoms. The highest BCUT2D eigenvalue weighted by atomic mass is 15.2. The summed E-state index contributed by atoms with van der Waals surface area (Å²) in [5, 5.41) is 0. The van der Waals surface area contributed by atoms with E-state index in [-0.39, 0.29) is 5.54 Å². The van der Waals surface area contributed by atoms with Crippen LogP contribution in [0.2, 0.25) is 0 Å². The lowest BCUT2D eigenvalue weighted by molar-refractivity contribution is 0.0216. The Morgan fingerprint density at radius 1 is 1.25 bits per heavy atom. The van der Waals surface area contributed by atoms with Crippen LogP contribution in [-0.4, -0.2) is 54.6 Å². The van der Waals surface area contributed by atoms with Gasteiger partial charge in [-0.25, -0.2) is 0 Å². The van der Waals surface area contributed by atoms with Gasteiger partial charge in [0.1, 0.15) is 0 Å². The Balaban J connectivity index is 2.81. The molecule has 1 fully saturated rings. The van der Waals surface area contributed by atoms with Crippen LogP contribution < -0.4 is 5.73 Å². The Morgan fingerprint density at radius 3 is 2.40 bits per heavy atom. The molecule has 1 aliphatic heterocycles. The lowest BCUT2D eigenvalue weighted by Gasteiger charge is -2.48. The van der Waals surface area contributed by atoms with E-state index >= 15 is 0 Å². The second kappa shape index (κ2) is 7.24. The molecule has 0 bridgehead atoms. The Bertz CT molecular complexity index is 284. The van der Waals surface area contributed by atoms with E-state index in [1.165, 1.54) is 45.3 Å². The van der Waals surface area contributed by atoms with Gasteiger partial charge in [-0.1, -0.05) is 27.7 Å². The zero-order chi connectivity index (χ0) is 15.4. The molecule has 1 saturated heterocycles. The van der Waals surface area contributed by atoms with Crippen LogP contribution >= 0.6 is 0 Å². The second-order valence-electron chi connectivity index (χ2n) is 7.78. The van der Waals surface area contributed by atoms with Gasteiger partial charge >= 0.3 is 0 Å². The van der Waals surface area contributed by atoms with Gasteiger partial charge in [0.15, 0.2) is 0 Å². The van der Waals surface area contributed by atoms with Crippen molar-refractivity contribution >= 4 is 0 Å². The fraction of sp³-hybridized carbons (Fsp3) is 1.00. The molecule has 1 aliphatic rings. The van der Waals surface area contributed by atoms with Crippen molar-refractivity contribution < 1.29 is 0 Å². The van der Waals surface area contributed by atoms with E-state index in [0.29, 0.717) is 11.5 Å². The van der Waals surface area contributed by atoms with E-state index in [9.17, 15) is 0 Å². The lowest BCUT2D eigenvalue weighted by atomic mass is 9.81. The fourth-order valence-corrected chi connectivity index (χ4v) is 3.47. The first-order chi connectivity index (χ1) is 9.27. The van der Waals surface area contributed by atoms with E-state index in [1.54, 1.807) is 0 Å². The van der Waals surface area contributed by atoms with Crippen molar-refractivity contribution in [2.75, 3.05) is 33.2 Å². The van der Waals surface area contributed by atoms with E-state index < -0.39 is 0 Å². The minimum Gasteiger partial charge on any atom is -0.329 e. The molecule has 0 aromatic carbocycles. The van der Waals surface area contributed by atoms with Gasteiger partial charge in [0.2, 0.25) is 0 Å². The molecule has 0 aromatic heterocycles. The van der Waals surface area contributed by atoms with Gasteiger partial charge in [-0.15, -0.1) is 0 Å². The first-order valence-electron chi connectivity index (χ1n) is 8.42. The summed E-state index contributed by atoms with van der Waals surface area (Å²) in [6, 6.07) is 0.545. The summed E-state index contributed by atoms with van der Waals surface area (Å²) >= 11 is 0. The molecule has 0 saturated carbocycles. The third-order valence-corrected chi connectivity index (χ3v) is 5.51. The zero-order valence-corrected chi connectivity index (χ0v) is 14.7. The third kappa shape index (κ3) is 4.19. The number of nitrogens with zero attached hydrogens (tertiary/aromatic N) is 2. The molecule has 120 valence electrons. The standard InChI is InChI=1S/C17H37N3/c1-7-11-20-12-8-9-17(14-18,10-13-20)19(6)15(2)16(3,4)5/h15H,7-14,18H2,1-6H3. The van der Waals surface area contributed by atoms with Crippen molar-refractivity contribution in [3.63, 3.8) is 0 Å². The first-order valence-corrected chi connectivity index (χ1v) is 8.42. The van der Waals surface area contributed by atoms with Crippen LogP contribution in [0.5, 0.6) is 0 Å². The van der Waals surface area contributed by atoms with Crippen LogP contribution in [0.4, 0.5) is 0 Å². The fourth-order valence-electron chi connectivity index (χ4n) is 3.47. The summed E-state index contributed by atoms with van der Waals surface area (Å²) < 4.78 is 0. The highest BCUT2D eigenvalue weighted by molar-refractivity contribution is 4.97. The van der Waals surface area contributed by atoms with Crippen molar-refractivity contribution in [3.05, 3.63) is 0 Å². The average Bonchev–Trinajstić information content (AvgIpc) is 2.60. The smallest absolute Gasteiger partial charge is 0.0344 e. The molecular formula is C17H37N3. The van der Waals surface area contributed by atoms with E-state index in [1.807, 2.05) is 0 Å². The number of likely N-dealkylation sites (tertiary alicyclic amines) is 1. The van der Waals surface area contributed by atoms with Crippen molar-refractivity contribution in [2.24, 2.45) is 11.1 Å². The normalized spacial score (nSPS) is 27.6. The summed E-state index contributed by atoms with van der Waals surface area (Å²) in [5.41, 5.74) is 6.74. The number of rotatable bonds is 5. The molecule has 1 heterocycles. The van der Waals surface area contributed by atoms with Gasteiger partial charge in [-0.2, -0.15) is 0 Å². The molecular weight excluding hydrogens is 246 g/mol. The summed E-state index contributed by atoms with van der Waals surface area (Å²) in [6.45, 7) is 16.1. The van der Waals surface area contributed by atoms with Crippen LogP contribution in [0, 0.1) is 5.41 Å². The van der Waals surface area contributed by atoms with Crippen LogP contribution in [0.15, 0.2) is 0 Å². The number of nitrogens with two attached hydrogens (primary N) is 1. The van der Waals surface area contributed by atoms with Gasteiger partial charge in [0, 0.05) is 18.1 Å². The van der Waals surface area contributed by atoms with Crippen molar-refractivity contribution in [3.8, 4) is 0 Å². The van der Waals surface area contributed by atoms with Gasteiger partial charge < -0.3 is 10.6 Å². The van der Waals surface area contributed by atoms with Crippen LogP contribution in [0.25, 0.3) is 0 Å². The van der Waals surface area contributed by atoms with E-state index in [4.69, 9.17) is 5.73 Å². The number of hydrogen-bond donors (Lipinski definition) is 1. The van der Waals surface area contributed by atoms with Gasteiger partial charge in [-0.05, 0) is 64.7 Å². The molecule has 3 nitrogen and oxygen atoms in total. The Hall–Kier alpha value is -0.120. The van der Waals surface area contributed by atoms with Crippen molar-refractivity contribution in [1.29, 1.82) is 0 Å². The molecule has 1 rings (SSSR count). The maximum Gasteiger partial charge on any atom is 0.0344 e. The summed E-state index contributed by atoms with van der Waals surface area (Å²) in [6.07, 6.45) is 4.98. The predicted octanol–water partition coefficient (Wildman–Crippen LogP) is 2.95. The molecule has 20 heavy (non-hydrogen) atoms. The van der Waals surface area contributed by atoms with Gasteiger partial charge in [0.25, 0.3) is 0 Å². The molecule has 2 unspecified atom stereocenters. The monoisotopic (exact) mass is 283 g/mol. The van der Waals surface area contributed by atoms with Gasteiger partial charge in [-0.3, -0.25) is 4.90 Å². The van der Waals surface area contributed by atoms with Gasteiger partial charge in [0.05, 0.1) is 0 Å². The molecule has 0 aromatic rings. The Kier molecular flexibility index (Phi) is 6.49. The molecule has 2 N–H and O–H groups in total. The van der Waals surface area contributed by atoms with Crippen LogP contribution in [-0.2, 0) is 0 Å². The van der Waals surface area contributed by atoms with Crippen LogP contribution in [0.3, 0.4) is 0 Å². The predicted molar refractivity (Wildman–Crippen MR) is 89.0 cm³/mol. The number of likely N-dealkylation sites (N-methyl/N-ethyl adjacent to an activating group) is 1. The second-order valence-corrected chi connectivity index (χ2v) is 7.78. The minimum atomic E-state index is 0.190. The largest absolute Gasteiger partial charge is 0.329 e.